The molecule has 2 atom stereocenters. The van der Waals surface area contributed by atoms with Gasteiger partial charge in [0, 0.05) is 26.2 Å². The number of rotatable bonds is 6. The molecule has 1 saturated heterocycles. The number of hydrogen-bond donors (Lipinski definition) is 1. The van der Waals surface area contributed by atoms with Gasteiger partial charge >= 0.3 is 0 Å². The Bertz CT molecular complexity index is 713. The van der Waals surface area contributed by atoms with Crippen LogP contribution in [0.4, 0.5) is 0 Å². The molecule has 2 aromatic rings. The Morgan fingerprint density at radius 2 is 1.73 bits per heavy atom. The van der Waals surface area contributed by atoms with Crippen LogP contribution < -0.4 is 5.32 Å². The molecule has 0 unspecified atom stereocenters. The number of carbonyl (C=O) groups excluding carboxylic acids is 1. The summed E-state index contributed by atoms with van der Waals surface area (Å²) in [4.78, 5) is 14.8. The van der Waals surface area contributed by atoms with Crippen molar-refractivity contribution in [1.82, 2.24) is 10.2 Å². The van der Waals surface area contributed by atoms with Gasteiger partial charge in [-0.3, -0.25) is 9.69 Å². The molecule has 4 heteroatoms. The number of carbonyl (C=O) groups is 1. The molecular weight excluding hydrogens is 324 g/mol. The fourth-order valence-electron chi connectivity index (χ4n) is 3.49. The van der Waals surface area contributed by atoms with Gasteiger partial charge in [-0.1, -0.05) is 54.6 Å². The van der Waals surface area contributed by atoms with Crippen LogP contribution in [0, 0.1) is 0 Å². The molecule has 0 aliphatic carbocycles. The van der Waals surface area contributed by atoms with Gasteiger partial charge in [-0.05, 0) is 30.5 Å². The zero-order valence-electron chi connectivity index (χ0n) is 15.8. The first-order chi connectivity index (χ1) is 12.6. The molecule has 4 nitrogen and oxygen atoms in total. The molecule has 0 saturated carbocycles. The molecule has 0 spiro atoms. The number of methoxy groups -OCH3 is 1. The third-order valence-corrected chi connectivity index (χ3v) is 5.10. The first kappa shape index (κ1) is 18.6. The summed E-state index contributed by atoms with van der Waals surface area (Å²) in [6, 6.07) is 19.0. The van der Waals surface area contributed by atoms with Crippen molar-refractivity contribution in [3.05, 3.63) is 60.2 Å². The number of nitrogens with zero attached hydrogens (tertiary/aromatic N) is 1. The normalized spacial score (nSPS) is 20.5. The fourth-order valence-corrected chi connectivity index (χ4v) is 3.49. The summed E-state index contributed by atoms with van der Waals surface area (Å²) in [5.74, 6) is 0.0510. The second-order valence-electron chi connectivity index (χ2n) is 7.24. The molecule has 0 bridgehead atoms. The van der Waals surface area contributed by atoms with Gasteiger partial charge in [-0.15, -0.1) is 0 Å². The minimum absolute atomic E-state index is 0.0510. The Hall–Kier alpha value is -2.17. The molecule has 3 rings (SSSR count). The van der Waals surface area contributed by atoms with E-state index in [1.54, 1.807) is 7.11 Å². The molecule has 1 aliphatic rings. The van der Waals surface area contributed by atoms with Crippen molar-refractivity contribution in [2.75, 3.05) is 20.2 Å². The van der Waals surface area contributed by atoms with Gasteiger partial charge in [-0.25, -0.2) is 0 Å². The Kier molecular flexibility index (Phi) is 6.07. The van der Waals surface area contributed by atoms with Gasteiger partial charge in [0.1, 0.15) is 0 Å². The minimum atomic E-state index is 0.0510. The van der Waals surface area contributed by atoms with E-state index in [0.29, 0.717) is 12.5 Å². The number of ether oxygens (including phenoxy) is 1. The summed E-state index contributed by atoms with van der Waals surface area (Å²) in [5.41, 5.74) is 3.37. The Morgan fingerprint density at radius 1 is 1.08 bits per heavy atom. The summed E-state index contributed by atoms with van der Waals surface area (Å²) in [7, 11) is 1.72. The van der Waals surface area contributed by atoms with Crippen LogP contribution in [-0.4, -0.2) is 49.2 Å². The van der Waals surface area contributed by atoms with Crippen LogP contribution in [0.1, 0.15) is 19.4 Å². The highest BCUT2D eigenvalue weighted by molar-refractivity contribution is 5.79. The number of amides is 1. The van der Waals surface area contributed by atoms with Crippen LogP contribution in [0.25, 0.3) is 11.1 Å². The molecular formula is C22H28N2O2. The summed E-state index contributed by atoms with van der Waals surface area (Å²) in [5, 5.41) is 3.15. The van der Waals surface area contributed by atoms with Crippen molar-refractivity contribution in [2.24, 2.45) is 0 Å². The molecule has 1 fully saturated rings. The van der Waals surface area contributed by atoms with Crippen molar-refractivity contribution in [2.45, 2.75) is 38.5 Å². The fraction of sp³-hybridized carbons (Fsp3) is 0.409. The largest absolute Gasteiger partial charge is 0.378 e. The van der Waals surface area contributed by atoms with E-state index >= 15 is 0 Å². The topological polar surface area (TPSA) is 41.6 Å². The van der Waals surface area contributed by atoms with Gasteiger partial charge in [-0.2, -0.15) is 0 Å². The zero-order valence-corrected chi connectivity index (χ0v) is 15.8. The predicted molar refractivity (Wildman–Crippen MR) is 105 cm³/mol. The van der Waals surface area contributed by atoms with E-state index in [-0.39, 0.29) is 18.1 Å². The molecule has 138 valence electrons. The van der Waals surface area contributed by atoms with Crippen molar-refractivity contribution >= 4 is 5.91 Å². The maximum Gasteiger partial charge on any atom is 0.224 e. The highest BCUT2D eigenvalue weighted by Gasteiger charge is 2.34. The third-order valence-electron chi connectivity index (χ3n) is 5.10. The summed E-state index contributed by atoms with van der Waals surface area (Å²) >= 11 is 0. The second kappa shape index (κ2) is 8.47. The smallest absolute Gasteiger partial charge is 0.224 e. The quantitative estimate of drug-likeness (QED) is 0.868. The highest BCUT2D eigenvalue weighted by atomic mass is 16.5. The highest BCUT2D eigenvalue weighted by Crippen LogP contribution is 2.20. The zero-order chi connectivity index (χ0) is 18.5. The lowest BCUT2D eigenvalue weighted by atomic mass is 10.0. The third kappa shape index (κ3) is 4.51. The number of benzene rings is 2. The van der Waals surface area contributed by atoms with E-state index < -0.39 is 0 Å². The summed E-state index contributed by atoms with van der Waals surface area (Å²) in [6.45, 7) is 6.05. The second-order valence-corrected chi connectivity index (χ2v) is 7.24. The van der Waals surface area contributed by atoms with Crippen LogP contribution in [-0.2, 0) is 16.0 Å². The van der Waals surface area contributed by atoms with E-state index in [9.17, 15) is 4.79 Å². The first-order valence-corrected chi connectivity index (χ1v) is 9.27. The molecule has 0 radical (unpaired) electrons. The predicted octanol–water partition coefficient (Wildman–Crippen LogP) is 3.12. The molecule has 26 heavy (non-hydrogen) atoms. The van der Waals surface area contributed by atoms with Crippen LogP contribution in [0.5, 0.6) is 0 Å². The van der Waals surface area contributed by atoms with Crippen molar-refractivity contribution in [1.29, 1.82) is 0 Å². The Balaban J connectivity index is 1.58. The van der Waals surface area contributed by atoms with Crippen LogP contribution in [0.15, 0.2) is 54.6 Å². The minimum Gasteiger partial charge on any atom is -0.378 e. The molecule has 1 N–H and O–H groups in total. The summed E-state index contributed by atoms with van der Waals surface area (Å²) < 4.78 is 5.56. The van der Waals surface area contributed by atoms with E-state index in [4.69, 9.17) is 4.74 Å². The maximum atomic E-state index is 12.5. The van der Waals surface area contributed by atoms with Gasteiger partial charge in [0.15, 0.2) is 0 Å². The van der Waals surface area contributed by atoms with E-state index in [2.05, 4.69) is 48.3 Å². The number of likely N-dealkylation sites (tertiary alicyclic amines) is 1. The van der Waals surface area contributed by atoms with Crippen molar-refractivity contribution in [3.63, 3.8) is 0 Å². The van der Waals surface area contributed by atoms with Gasteiger partial charge in [0.05, 0.1) is 18.6 Å². The molecule has 0 aromatic heterocycles. The molecule has 2 aromatic carbocycles. The van der Waals surface area contributed by atoms with E-state index in [1.165, 1.54) is 5.56 Å². The molecule has 1 heterocycles. The van der Waals surface area contributed by atoms with Crippen LogP contribution in [0.2, 0.25) is 0 Å². The van der Waals surface area contributed by atoms with Crippen LogP contribution in [0.3, 0.4) is 0 Å². The van der Waals surface area contributed by atoms with Crippen molar-refractivity contribution in [3.8, 4) is 11.1 Å². The van der Waals surface area contributed by atoms with Crippen molar-refractivity contribution < 1.29 is 9.53 Å². The SMILES string of the molecule is CO[C@H]1CN(C(C)C)C[C@@H]1NC(=O)Cc1ccc(-c2ccccc2)cc1. The Labute approximate surface area is 156 Å². The number of nitrogens with one attached hydrogen (secondary N) is 1. The lowest BCUT2D eigenvalue weighted by molar-refractivity contribution is -0.121. The summed E-state index contributed by atoms with van der Waals surface area (Å²) in [6.07, 6.45) is 0.450. The lowest BCUT2D eigenvalue weighted by Gasteiger charge is -2.20. The molecule has 1 amide bonds. The van der Waals surface area contributed by atoms with Gasteiger partial charge in [0.25, 0.3) is 0 Å². The van der Waals surface area contributed by atoms with E-state index in [0.717, 1.165) is 24.2 Å². The monoisotopic (exact) mass is 352 g/mol. The molecule has 1 aliphatic heterocycles. The standard InChI is InChI=1S/C22H28N2O2/c1-16(2)24-14-20(21(15-24)26-3)23-22(25)13-17-9-11-19(12-10-17)18-7-5-4-6-8-18/h4-12,16,20-21H,13-15H2,1-3H3,(H,23,25)/t20-,21-/m0/s1. The maximum absolute atomic E-state index is 12.5. The average molecular weight is 352 g/mol. The average Bonchev–Trinajstić information content (AvgIpc) is 3.06. The lowest BCUT2D eigenvalue weighted by Crippen LogP contribution is -2.44. The van der Waals surface area contributed by atoms with Crippen LogP contribution >= 0.6 is 0 Å². The van der Waals surface area contributed by atoms with Gasteiger partial charge < -0.3 is 10.1 Å². The first-order valence-electron chi connectivity index (χ1n) is 9.27. The Morgan fingerprint density at radius 3 is 2.35 bits per heavy atom. The van der Waals surface area contributed by atoms with E-state index in [1.807, 2.05) is 30.3 Å². The number of hydrogen-bond acceptors (Lipinski definition) is 3. The van der Waals surface area contributed by atoms with Gasteiger partial charge in [0.2, 0.25) is 5.91 Å².